The molecule has 0 atom stereocenters. The SMILES string of the molecule is CC1(C)C(/C=C/C=C/C=C/C=C2/N(CCCCS(=O)(=O)[O-])c3ccc(N=C=S)cc3C2(C)C)=[N+](CCCCSOO[O-])c2ccccc21.[Na+]. The van der Waals surface area contributed by atoms with E-state index < -0.39 is 10.1 Å². The van der Waals surface area contributed by atoms with E-state index in [0.717, 1.165) is 54.1 Å². The maximum absolute atomic E-state index is 11.2. The van der Waals surface area contributed by atoms with Crippen molar-refractivity contribution >= 4 is 62.3 Å². The summed E-state index contributed by atoms with van der Waals surface area (Å²) in [4.78, 5) is 6.35. The van der Waals surface area contributed by atoms with Gasteiger partial charge in [-0.25, -0.2) is 8.42 Å². The minimum Gasteiger partial charge on any atom is -0.748 e. The van der Waals surface area contributed by atoms with E-state index in [2.05, 4.69) is 99.2 Å². The predicted molar refractivity (Wildman–Crippen MR) is 194 cm³/mol. The number of hydrogen-bond donors (Lipinski definition) is 0. The minimum absolute atomic E-state index is 0. The first-order chi connectivity index (χ1) is 22.9. The molecule has 0 unspecified atom stereocenters. The van der Waals surface area contributed by atoms with Gasteiger partial charge in [-0.15, -0.1) is 0 Å². The number of fused-ring (bicyclic) bond motifs is 2. The summed E-state index contributed by atoms with van der Waals surface area (Å²) in [5, 5.41) is 15.9. The molecule has 0 aromatic heterocycles. The molecule has 0 spiro atoms. The van der Waals surface area contributed by atoms with Gasteiger partial charge in [-0.3, -0.25) is 5.04 Å². The molecule has 256 valence electrons. The maximum atomic E-state index is 11.2. The topological polar surface area (TPSA) is 117 Å². The molecule has 0 radical (unpaired) electrons. The third kappa shape index (κ3) is 10.7. The molecular formula is C36H42N3NaO6S3. The molecule has 4 rings (SSSR count). The first-order valence-corrected chi connectivity index (χ1v) is 18.8. The number of para-hydroxylation sites is 1. The summed E-state index contributed by atoms with van der Waals surface area (Å²) in [6.45, 7) is 10.2. The van der Waals surface area contributed by atoms with E-state index in [-0.39, 0.29) is 46.1 Å². The van der Waals surface area contributed by atoms with Gasteiger partial charge in [0, 0.05) is 71.0 Å². The maximum Gasteiger partial charge on any atom is 1.00 e. The van der Waals surface area contributed by atoms with Crippen LogP contribution in [0.1, 0.15) is 64.5 Å². The first-order valence-electron chi connectivity index (χ1n) is 15.9. The Balaban J connectivity index is 0.00000650. The molecule has 13 heteroatoms. The number of nitrogens with zero attached hydrogens (tertiary/aromatic N) is 3. The van der Waals surface area contributed by atoms with E-state index in [9.17, 15) is 18.2 Å². The Kier molecular flexibility index (Phi) is 15.9. The number of anilines is 1. The fourth-order valence-electron chi connectivity index (χ4n) is 6.43. The van der Waals surface area contributed by atoms with Gasteiger partial charge in [0.25, 0.3) is 0 Å². The summed E-state index contributed by atoms with van der Waals surface area (Å²) < 4.78 is 40.2. The standard InChI is InChI=1S/C36H43N3O6S3.Na/c1-35(2)29-16-10-11-17-31(29)38(22-12-14-24-47-45-44-40)33(35)18-8-6-5-7-9-19-34-36(3,4)30-26-28(37-27-46)20-21-32(30)39(34)23-13-15-25-48(41,42)43;/h5-11,16-21,26H,12-15,22-25H2,1-4H3,(H-,40,41,42,43);/q;+1/p-1. The number of hydrogen-bond acceptors (Lipinski definition) is 10. The molecule has 2 aromatic carbocycles. The van der Waals surface area contributed by atoms with Gasteiger partial charge in [0.2, 0.25) is 5.69 Å². The fraction of sp³-hybridized carbons (Fsp3) is 0.389. The zero-order valence-corrected chi connectivity index (χ0v) is 33.2. The Hall–Kier alpha value is -2.19. The fourth-order valence-corrected chi connectivity index (χ4v) is 7.52. The molecule has 2 heterocycles. The van der Waals surface area contributed by atoms with Gasteiger partial charge in [-0.05, 0) is 75.2 Å². The van der Waals surface area contributed by atoms with Gasteiger partial charge in [-0.1, -0.05) is 62.4 Å². The monoisotopic (exact) mass is 731 g/mol. The van der Waals surface area contributed by atoms with Crippen molar-refractivity contribution in [3.63, 3.8) is 0 Å². The van der Waals surface area contributed by atoms with Crippen molar-refractivity contribution in [3.8, 4) is 0 Å². The van der Waals surface area contributed by atoms with Gasteiger partial charge >= 0.3 is 29.6 Å². The van der Waals surface area contributed by atoms with Gasteiger partial charge in [0.05, 0.1) is 26.4 Å². The average Bonchev–Trinajstić information content (AvgIpc) is 3.38. The van der Waals surface area contributed by atoms with E-state index in [1.54, 1.807) is 0 Å². The Labute approximate surface area is 322 Å². The van der Waals surface area contributed by atoms with Crippen LogP contribution in [-0.2, 0) is 30.3 Å². The third-order valence-corrected chi connectivity index (χ3v) is 10.3. The zero-order valence-electron chi connectivity index (χ0n) is 28.8. The molecular weight excluding hydrogens is 690 g/mol. The number of aliphatic imine (C=N–C) groups is 1. The van der Waals surface area contributed by atoms with Crippen LogP contribution >= 0.6 is 24.3 Å². The van der Waals surface area contributed by atoms with Crippen molar-refractivity contribution in [1.82, 2.24) is 0 Å². The molecule has 2 aromatic rings. The second-order valence-electron chi connectivity index (χ2n) is 12.7. The van der Waals surface area contributed by atoms with Crippen molar-refractivity contribution < 1.29 is 61.7 Å². The van der Waals surface area contributed by atoms with E-state index in [1.807, 2.05) is 42.5 Å². The Morgan fingerprint density at radius 3 is 2.45 bits per heavy atom. The van der Waals surface area contributed by atoms with Crippen molar-refractivity contribution in [2.75, 3.05) is 29.5 Å². The normalized spacial score (nSPS) is 17.3. The number of rotatable bonds is 17. The van der Waals surface area contributed by atoms with Gasteiger partial charge in [0.15, 0.2) is 5.71 Å². The van der Waals surface area contributed by atoms with Crippen LogP contribution in [0.15, 0.2) is 95.7 Å². The molecule has 2 aliphatic heterocycles. The molecule has 2 aliphatic rings. The summed E-state index contributed by atoms with van der Waals surface area (Å²) in [7, 11) is -4.25. The van der Waals surface area contributed by atoms with Crippen LogP contribution in [-0.4, -0.2) is 53.0 Å². The molecule has 0 aliphatic carbocycles. The van der Waals surface area contributed by atoms with Crippen molar-refractivity contribution in [1.29, 1.82) is 0 Å². The second kappa shape index (κ2) is 18.9. The van der Waals surface area contributed by atoms with E-state index in [0.29, 0.717) is 25.1 Å². The molecule has 49 heavy (non-hydrogen) atoms. The summed E-state index contributed by atoms with van der Waals surface area (Å²) in [6, 6.07) is 14.4. The number of benzene rings is 2. The van der Waals surface area contributed by atoms with Crippen LogP contribution in [0, 0.1) is 0 Å². The van der Waals surface area contributed by atoms with Crippen molar-refractivity contribution in [2.24, 2.45) is 4.99 Å². The molecule has 9 nitrogen and oxygen atoms in total. The molecule has 0 saturated carbocycles. The van der Waals surface area contributed by atoms with Gasteiger partial charge in [-0.2, -0.15) is 13.9 Å². The van der Waals surface area contributed by atoms with Gasteiger partial charge in [0.1, 0.15) is 6.54 Å². The van der Waals surface area contributed by atoms with Crippen LogP contribution in [0.5, 0.6) is 0 Å². The number of thiocarbonyl (C=S) groups is 1. The van der Waals surface area contributed by atoms with E-state index in [1.165, 1.54) is 17.0 Å². The molecule has 0 N–H and O–H groups in total. The quantitative estimate of drug-likeness (QED) is 0.0226. The van der Waals surface area contributed by atoms with Crippen molar-refractivity contribution in [2.45, 2.75) is 64.2 Å². The van der Waals surface area contributed by atoms with Gasteiger partial charge < -0.3 is 14.7 Å². The summed E-state index contributed by atoms with van der Waals surface area (Å²) in [5.41, 5.74) is 7.12. The Morgan fingerprint density at radius 1 is 0.980 bits per heavy atom. The van der Waals surface area contributed by atoms with E-state index >= 15 is 0 Å². The Bertz CT molecular complexity index is 1780. The van der Waals surface area contributed by atoms with Crippen LogP contribution in [0.4, 0.5) is 17.1 Å². The number of isothiocyanates is 1. The first kappa shape index (κ1) is 41.2. The van der Waals surface area contributed by atoms with Crippen LogP contribution in [0.25, 0.3) is 0 Å². The zero-order chi connectivity index (χ0) is 34.8. The predicted octanol–water partition coefficient (Wildman–Crippen LogP) is 4.13. The molecule has 0 saturated heterocycles. The largest absolute Gasteiger partial charge is 1.00 e. The van der Waals surface area contributed by atoms with Crippen LogP contribution in [0.2, 0.25) is 0 Å². The second-order valence-corrected chi connectivity index (χ2v) is 15.2. The third-order valence-electron chi connectivity index (χ3n) is 8.76. The smallest absolute Gasteiger partial charge is 0.748 e. The van der Waals surface area contributed by atoms with E-state index in [4.69, 9.17) is 12.2 Å². The Morgan fingerprint density at radius 2 is 1.71 bits per heavy atom. The van der Waals surface area contributed by atoms with Crippen molar-refractivity contribution in [3.05, 3.63) is 102 Å². The number of unbranched alkanes of at least 4 members (excludes halogenated alkanes) is 2. The summed E-state index contributed by atoms with van der Waals surface area (Å²) in [5.74, 6) is 0.304. The summed E-state index contributed by atoms with van der Waals surface area (Å²) in [6.07, 6.45) is 17.0. The van der Waals surface area contributed by atoms with Crippen LogP contribution < -0.4 is 39.7 Å². The average molecular weight is 732 g/mol. The number of allylic oxidation sites excluding steroid dienone is 8. The summed E-state index contributed by atoms with van der Waals surface area (Å²) >= 11 is 5.83. The molecule has 0 bridgehead atoms. The molecule has 0 amide bonds. The molecule has 0 fully saturated rings. The van der Waals surface area contributed by atoms with Crippen LogP contribution in [0.3, 0.4) is 0 Å². The minimum atomic E-state index is -4.25.